The van der Waals surface area contributed by atoms with Gasteiger partial charge in [0.1, 0.15) is 5.75 Å². The monoisotopic (exact) mass is 250 g/mol. The lowest BCUT2D eigenvalue weighted by Gasteiger charge is -2.21. The highest BCUT2D eigenvalue weighted by Gasteiger charge is 2.12. The van der Waals surface area contributed by atoms with Gasteiger partial charge < -0.3 is 15.0 Å². The van der Waals surface area contributed by atoms with Gasteiger partial charge in [-0.2, -0.15) is 0 Å². The van der Waals surface area contributed by atoms with Crippen molar-refractivity contribution in [2.45, 2.75) is 26.4 Å². The van der Waals surface area contributed by atoms with Crippen molar-refractivity contribution in [3.8, 4) is 5.75 Å². The molecule has 0 aromatic heterocycles. The predicted molar refractivity (Wildman–Crippen MR) is 72.6 cm³/mol. The second-order valence-corrected chi connectivity index (χ2v) is 4.56. The summed E-state index contributed by atoms with van der Waals surface area (Å²) in [5.74, 6) is 0.713. The summed E-state index contributed by atoms with van der Waals surface area (Å²) < 4.78 is 5.46. The van der Waals surface area contributed by atoms with Crippen LogP contribution in [0.25, 0.3) is 0 Å². The first-order chi connectivity index (χ1) is 8.54. The van der Waals surface area contributed by atoms with Crippen LogP contribution in [0.3, 0.4) is 0 Å². The van der Waals surface area contributed by atoms with Crippen LogP contribution in [-0.2, 0) is 11.3 Å². The van der Waals surface area contributed by atoms with Gasteiger partial charge in [0.05, 0.1) is 0 Å². The van der Waals surface area contributed by atoms with Gasteiger partial charge in [0.2, 0.25) is 0 Å². The third-order valence-electron chi connectivity index (χ3n) is 2.83. The number of carbonyl (C=O) groups is 1. The highest BCUT2D eigenvalue weighted by atomic mass is 16.5. The van der Waals surface area contributed by atoms with E-state index < -0.39 is 0 Å². The normalized spacial score (nSPS) is 10.5. The summed E-state index contributed by atoms with van der Waals surface area (Å²) in [6.07, 6.45) is 0. The molecule has 0 atom stereocenters. The number of amides is 1. The fourth-order valence-electron chi connectivity index (χ4n) is 1.44. The Hall–Kier alpha value is -1.55. The number of ether oxygens (including phenoxy) is 1. The molecule has 0 saturated carbocycles. The van der Waals surface area contributed by atoms with Crippen molar-refractivity contribution >= 4 is 5.91 Å². The van der Waals surface area contributed by atoms with E-state index in [-0.39, 0.29) is 18.6 Å². The molecule has 0 aliphatic rings. The fourth-order valence-corrected chi connectivity index (χ4v) is 1.44. The summed E-state index contributed by atoms with van der Waals surface area (Å²) >= 11 is 0. The number of hydrogen-bond donors (Lipinski definition) is 1. The van der Waals surface area contributed by atoms with E-state index in [0.717, 1.165) is 12.3 Å². The second-order valence-electron chi connectivity index (χ2n) is 4.56. The molecule has 0 aliphatic heterocycles. The molecular weight excluding hydrogens is 228 g/mol. The van der Waals surface area contributed by atoms with Crippen molar-refractivity contribution in [3.05, 3.63) is 29.8 Å². The molecule has 1 aromatic rings. The Balaban J connectivity index is 2.46. The van der Waals surface area contributed by atoms with E-state index in [1.165, 1.54) is 5.56 Å². The summed E-state index contributed by atoms with van der Waals surface area (Å²) in [5.41, 5.74) is 1.19. The first-order valence-corrected chi connectivity index (χ1v) is 6.16. The molecule has 1 amide bonds. The standard InChI is InChI=1S/C14H22N2O2/c1-11(2)16(4)14(17)10-18-13-7-5-12(6-8-13)9-15-3/h5-8,11,15H,9-10H2,1-4H3. The highest BCUT2D eigenvalue weighted by molar-refractivity contribution is 5.77. The van der Waals surface area contributed by atoms with E-state index in [1.54, 1.807) is 11.9 Å². The molecule has 0 spiro atoms. The van der Waals surface area contributed by atoms with Crippen molar-refractivity contribution in [2.24, 2.45) is 0 Å². The third-order valence-corrected chi connectivity index (χ3v) is 2.83. The highest BCUT2D eigenvalue weighted by Crippen LogP contribution is 2.12. The molecule has 0 bridgehead atoms. The quantitative estimate of drug-likeness (QED) is 0.834. The van der Waals surface area contributed by atoms with Gasteiger partial charge in [0.15, 0.2) is 6.61 Å². The van der Waals surface area contributed by atoms with Crippen LogP contribution in [0.1, 0.15) is 19.4 Å². The zero-order valence-electron chi connectivity index (χ0n) is 11.6. The second kappa shape index (κ2) is 7.01. The third kappa shape index (κ3) is 4.37. The van der Waals surface area contributed by atoms with Crippen LogP contribution in [0.4, 0.5) is 0 Å². The molecule has 18 heavy (non-hydrogen) atoms. The number of nitrogens with zero attached hydrogens (tertiary/aromatic N) is 1. The molecular formula is C14H22N2O2. The van der Waals surface area contributed by atoms with Gasteiger partial charge in [-0.3, -0.25) is 4.79 Å². The maximum atomic E-state index is 11.7. The molecule has 0 aliphatic carbocycles. The predicted octanol–water partition coefficient (Wildman–Crippen LogP) is 1.65. The Bertz CT molecular complexity index is 374. The number of nitrogens with one attached hydrogen (secondary N) is 1. The molecule has 4 nitrogen and oxygen atoms in total. The van der Waals surface area contributed by atoms with Crippen LogP contribution < -0.4 is 10.1 Å². The molecule has 1 rings (SSSR count). The molecule has 1 N–H and O–H groups in total. The smallest absolute Gasteiger partial charge is 0.260 e. The van der Waals surface area contributed by atoms with Crippen molar-refractivity contribution < 1.29 is 9.53 Å². The Morgan fingerprint density at radius 1 is 1.33 bits per heavy atom. The van der Waals surface area contributed by atoms with Crippen LogP contribution in [0.2, 0.25) is 0 Å². The lowest BCUT2D eigenvalue weighted by atomic mass is 10.2. The first-order valence-electron chi connectivity index (χ1n) is 6.16. The summed E-state index contributed by atoms with van der Waals surface area (Å²) in [4.78, 5) is 13.4. The average molecular weight is 250 g/mol. The Labute approximate surface area is 109 Å². The van der Waals surface area contributed by atoms with Crippen LogP contribution in [0.5, 0.6) is 5.75 Å². The van der Waals surface area contributed by atoms with E-state index >= 15 is 0 Å². The Morgan fingerprint density at radius 2 is 1.94 bits per heavy atom. The molecule has 4 heteroatoms. The van der Waals surface area contributed by atoms with E-state index in [9.17, 15) is 4.79 Å². The SMILES string of the molecule is CNCc1ccc(OCC(=O)N(C)C(C)C)cc1. The lowest BCUT2D eigenvalue weighted by molar-refractivity contribution is -0.133. The van der Waals surface area contributed by atoms with Crippen LogP contribution in [-0.4, -0.2) is 37.6 Å². The van der Waals surface area contributed by atoms with Gasteiger partial charge >= 0.3 is 0 Å². The number of carbonyl (C=O) groups excluding carboxylic acids is 1. The molecule has 0 heterocycles. The maximum Gasteiger partial charge on any atom is 0.260 e. The number of hydrogen-bond acceptors (Lipinski definition) is 3. The summed E-state index contributed by atoms with van der Waals surface area (Å²) in [5, 5.41) is 3.08. The fraction of sp³-hybridized carbons (Fsp3) is 0.500. The largest absolute Gasteiger partial charge is 0.484 e. The molecule has 0 fully saturated rings. The zero-order valence-corrected chi connectivity index (χ0v) is 11.6. The minimum Gasteiger partial charge on any atom is -0.484 e. The molecule has 0 unspecified atom stereocenters. The van der Waals surface area contributed by atoms with E-state index in [2.05, 4.69) is 5.32 Å². The minimum absolute atomic E-state index is 0.00991. The molecule has 0 radical (unpaired) electrons. The minimum atomic E-state index is -0.00991. The van der Waals surface area contributed by atoms with Gasteiger partial charge in [-0.25, -0.2) is 0 Å². The number of rotatable bonds is 6. The van der Waals surface area contributed by atoms with Crippen molar-refractivity contribution in [3.63, 3.8) is 0 Å². The van der Waals surface area contributed by atoms with Crippen molar-refractivity contribution in [1.29, 1.82) is 0 Å². The van der Waals surface area contributed by atoms with E-state index in [1.807, 2.05) is 45.2 Å². The summed E-state index contributed by atoms with van der Waals surface area (Å²) in [6, 6.07) is 7.94. The van der Waals surface area contributed by atoms with Gasteiger partial charge in [-0.15, -0.1) is 0 Å². The van der Waals surface area contributed by atoms with Gasteiger partial charge in [0, 0.05) is 19.6 Å². The van der Waals surface area contributed by atoms with Crippen LogP contribution in [0.15, 0.2) is 24.3 Å². The summed E-state index contributed by atoms with van der Waals surface area (Å²) in [6.45, 7) is 4.87. The van der Waals surface area contributed by atoms with Gasteiger partial charge in [-0.05, 0) is 38.6 Å². The molecule has 0 saturated heterocycles. The summed E-state index contributed by atoms with van der Waals surface area (Å²) in [7, 11) is 3.69. The maximum absolute atomic E-state index is 11.7. The van der Waals surface area contributed by atoms with E-state index in [0.29, 0.717) is 0 Å². The van der Waals surface area contributed by atoms with Crippen LogP contribution >= 0.6 is 0 Å². The van der Waals surface area contributed by atoms with Crippen LogP contribution in [0, 0.1) is 0 Å². The lowest BCUT2D eigenvalue weighted by Crippen LogP contribution is -2.36. The Morgan fingerprint density at radius 3 is 2.44 bits per heavy atom. The molecule has 100 valence electrons. The van der Waals surface area contributed by atoms with E-state index in [4.69, 9.17) is 4.74 Å². The van der Waals surface area contributed by atoms with Crippen molar-refractivity contribution in [2.75, 3.05) is 20.7 Å². The topological polar surface area (TPSA) is 41.6 Å². The van der Waals surface area contributed by atoms with Crippen molar-refractivity contribution in [1.82, 2.24) is 10.2 Å². The Kier molecular flexibility index (Phi) is 5.65. The average Bonchev–Trinajstić information content (AvgIpc) is 2.37. The molecule has 1 aromatic carbocycles. The number of likely N-dealkylation sites (N-methyl/N-ethyl adjacent to an activating group) is 1. The van der Waals surface area contributed by atoms with Gasteiger partial charge in [0.25, 0.3) is 5.91 Å². The van der Waals surface area contributed by atoms with Gasteiger partial charge in [-0.1, -0.05) is 12.1 Å². The first kappa shape index (κ1) is 14.5. The zero-order chi connectivity index (χ0) is 13.5. The number of benzene rings is 1.